The van der Waals surface area contributed by atoms with E-state index in [-0.39, 0.29) is 12.5 Å². The number of pyridine rings is 1. The largest absolute Gasteiger partial charge is 0.497 e. The summed E-state index contributed by atoms with van der Waals surface area (Å²) in [6.07, 6.45) is 1.67. The highest BCUT2D eigenvalue weighted by atomic mass is 16.5. The third-order valence-electron chi connectivity index (χ3n) is 4.46. The molecule has 0 aliphatic carbocycles. The number of carbonyl (C=O) groups excluding carboxylic acids is 1. The van der Waals surface area contributed by atoms with Crippen LogP contribution in [0.5, 0.6) is 11.6 Å². The maximum absolute atomic E-state index is 12.8. The first-order chi connectivity index (χ1) is 13.2. The van der Waals surface area contributed by atoms with Crippen LogP contribution in [0.3, 0.4) is 0 Å². The van der Waals surface area contributed by atoms with E-state index in [9.17, 15) is 4.79 Å². The number of nitrogens with zero attached hydrogens (tertiary/aromatic N) is 4. The van der Waals surface area contributed by atoms with Gasteiger partial charge in [0.2, 0.25) is 5.88 Å². The van der Waals surface area contributed by atoms with Gasteiger partial charge < -0.3 is 14.4 Å². The van der Waals surface area contributed by atoms with Crippen molar-refractivity contribution in [1.29, 1.82) is 0 Å². The number of aromatic nitrogens is 3. The van der Waals surface area contributed by atoms with Gasteiger partial charge in [-0.3, -0.25) is 9.48 Å². The third kappa shape index (κ3) is 3.76. The zero-order valence-electron chi connectivity index (χ0n) is 15.0. The Morgan fingerprint density at radius 2 is 1.96 bits per heavy atom. The molecule has 0 unspecified atom stereocenters. The van der Waals surface area contributed by atoms with Crippen LogP contribution in [0.25, 0.3) is 0 Å². The molecule has 0 radical (unpaired) electrons. The molecule has 0 bridgehead atoms. The lowest BCUT2D eigenvalue weighted by Gasteiger charge is -2.27. The smallest absolute Gasteiger partial charge is 0.272 e. The number of fused-ring (bicyclic) bond motifs is 1. The third-order valence-corrected chi connectivity index (χ3v) is 4.46. The molecule has 7 heteroatoms. The molecule has 4 rings (SSSR count). The number of carbonyl (C=O) groups is 1. The summed E-state index contributed by atoms with van der Waals surface area (Å²) in [5.41, 5.74) is 2.38. The second-order valence-electron chi connectivity index (χ2n) is 6.28. The van der Waals surface area contributed by atoms with Crippen molar-refractivity contribution in [2.75, 3.05) is 13.7 Å². The van der Waals surface area contributed by atoms with E-state index in [4.69, 9.17) is 9.47 Å². The first kappa shape index (κ1) is 17.1. The van der Waals surface area contributed by atoms with E-state index < -0.39 is 0 Å². The van der Waals surface area contributed by atoms with Crippen molar-refractivity contribution in [3.05, 3.63) is 71.7 Å². The van der Waals surface area contributed by atoms with Crippen LogP contribution in [0.15, 0.2) is 54.7 Å². The summed E-state index contributed by atoms with van der Waals surface area (Å²) < 4.78 is 12.6. The summed E-state index contributed by atoms with van der Waals surface area (Å²) in [6, 6.07) is 15.0. The van der Waals surface area contributed by atoms with Gasteiger partial charge in [0.1, 0.15) is 23.7 Å². The van der Waals surface area contributed by atoms with Gasteiger partial charge in [-0.2, -0.15) is 5.10 Å². The molecule has 3 aromatic rings. The summed E-state index contributed by atoms with van der Waals surface area (Å²) in [5, 5.41) is 4.48. The summed E-state index contributed by atoms with van der Waals surface area (Å²) >= 11 is 0. The Labute approximate surface area is 157 Å². The Morgan fingerprint density at radius 3 is 2.70 bits per heavy atom. The van der Waals surface area contributed by atoms with Gasteiger partial charge in [-0.1, -0.05) is 18.2 Å². The molecule has 0 saturated heterocycles. The number of amides is 1. The van der Waals surface area contributed by atoms with Crippen LogP contribution in [0.2, 0.25) is 0 Å². The molecule has 2 aromatic heterocycles. The van der Waals surface area contributed by atoms with E-state index in [0.29, 0.717) is 31.2 Å². The van der Waals surface area contributed by atoms with Crippen molar-refractivity contribution in [2.45, 2.75) is 19.7 Å². The van der Waals surface area contributed by atoms with Gasteiger partial charge in [0.15, 0.2) is 0 Å². The maximum atomic E-state index is 12.8. The standard InChI is InChI=1S/C20H20N4O3/c1-26-17-7-5-15(6-8-17)13-23-10-11-24-18(20(23)25)12-16(22-24)14-27-19-4-2-3-9-21-19/h2-9,12H,10-11,13-14H2,1H3. The van der Waals surface area contributed by atoms with Gasteiger partial charge in [-0.25, -0.2) is 4.98 Å². The molecule has 1 amide bonds. The zero-order valence-corrected chi connectivity index (χ0v) is 15.0. The molecule has 1 aromatic carbocycles. The van der Waals surface area contributed by atoms with E-state index in [0.717, 1.165) is 17.0 Å². The molecular weight excluding hydrogens is 344 g/mol. The van der Waals surface area contributed by atoms with E-state index in [2.05, 4.69) is 10.1 Å². The maximum Gasteiger partial charge on any atom is 0.272 e. The molecule has 1 aliphatic heterocycles. The Hall–Kier alpha value is -3.35. The first-order valence-electron chi connectivity index (χ1n) is 8.76. The highest BCUT2D eigenvalue weighted by molar-refractivity contribution is 5.93. The number of hydrogen-bond acceptors (Lipinski definition) is 5. The van der Waals surface area contributed by atoms with Crippen molar-refractivity contribution in [3.8, 4) is 11.6 Å². The Bertz CT molecular complexity index is 922. The monoisotopic (exact) mass is 364 g/mol. The number of rotatable bonds is 6. The highest BCUT2D eigenvalue weighted by Gasteiger charge is 2.26. The average molecular weight is 364 g/mol. The predicted molar refractivity (Wildman–Crippen MR) is 98.5 cm³/mol. The fourth-order valence-corrected chi connectivity index (χ4v) is 3.04. The van der Waals surface area contributed by atoms with E-state index in [1.165, 1.54) is 0 Å². The molecule has 0 N–H and O–H groups in total. The molecule has 138 valence electrons. The second-order valence-corrected chi connectivity index (χ2v) is 6.28. The van der Waals surface area contributed by atoms with Crippen molar-refractivity contribution >= 4 is 5.91 Å². The fourth-order valence-electron chi connectivity index (χ4n) is 3.04. The number of ether oxygens (including phenoxy) is 2. The lowest BCUT2D eigenvalue weighted by molar-refractivity contribution is 0.0683. The van der Waals surface area contributed by atoms with Crippen LogP contribution in [0.4, 0.5) is 0 Å². The Kier molecular flexibility index (Phi) is 4.74. The van der Waals surface area contributed by atoms with Gasteiger partial charge in [-0.15, -0.1) is 0 Å². The molecule has 0 fully saturated rings. The summed E-state index contributed by atoms with van der Waals surface area (Å²) in [6.45, 7) is 2.14. The topological polar surface area (TPSA) is 69.5 Å². The van der Waals surface area contributed by atoms with Gasteiger partial charge in [0, 0.05) is 25.4 Å². The molecule has 0 spiro atoms. The van der Waals surface area contributed by atoms with Crippen LogP contribution in [0.1, 0.15) is 21.7 Å². The van der Waals surface area contributed by atoms with Gasteiger partial charge >= 0.3 is 0 Å². The molecule has 0 atom stereocenters. The minimum atomic E-state index is -0.0198. The van der Waals surface area contributed by atoms with E-state index >= 15 is 0 Å². The SMILES string of the molecule is COc1ccc(CN2CCn3nc(COc4ccccn4)cc3C2=O)cc1. The molecule has 3 heterocycles. The minimum Gasteiger partial charge on any atom is -0.497 e. The van der Waals surface area contributed by atoms with Crippen LogP contribution in [-0.4, -0.2) is 39.2 Å². The van der Waals surface area contributed by atoms with Crippen molar-refractivity contribution in [3.63, 3.8) is 0 Å². The van der Waals surface area contributed by atoms with Gasteiger partial charge in [-0.05, 0) is 29.8 Å². The predicted octanol–water partition coefficient (Wildman–Crippen LogP) is 2.52. The summed E-state index contributed by atoms with van der Waals surface area (Å²) in [5.74, 6) is 1.32. The van der Waals surface area contributed by atoms with E-state index in [1.54, 1.807) is 30.1 Å². The average Bonchev–Trinajstić information content (AvgIpc) is 3.14. The van der Waals surface area contributed by atoms with Gasteiger partial charge in [0.05, 0.1) is 13.7 Å². The summed E-state index contributed by atoms with van der Waals surface area (Å²) in [7, 11) is 1.64. The van der Waals surface area contributed by atoms with Crippen molar-refractivity contribution in [2.24, 2.45) is 0 Å². The van der Waals surface area contributed by atoms with Crippen molar-refractivity contribution < 1.29 is 14.3 Å². The lowest BCUT2D eigenvalue weighted by atomic mass is 10.2. The zero-order chi connectivity index (χ0) is 18.6. The first-order valence-corrected chi connectivity index (χ1v) is 8.76. The normalized spacial score (nSPS) is 13.4. The second kappa shape index (κ2) is 7.49. The van der Waals surface area contributed by atoms with Crippen LogP contribution >= 0.6 is 0 Å². The molecule has 27 heavy (non-hydrogen) atoms. The number of benzene rings is 1. The lowest BCUT2D eigenvalue weighted by Crippen LogP contribution is -2.39. The molecular formula is C20H20N4O3. The molecule has 0 saturated carbocycles. The Morgan fingerprint density at radius 1 is 1.11 bits per heavy atom. The fraction of sp³-hybridized carbons (Fsp3) is 0.250. The summed E-state index contributed by atoms with van der Waals surface area (Å²) in [4.78, 5) is 18.8. The quantitative estimate of drug-likeness (QED) is 0.672. The molecule has 1 aliphatic rings. The van der Waals surface area contributed by atoms with E-state index in [1.807, 2.05) is 41.3 Å². The molecule has 7 nitrogen and oxygen atoms in total. The van der Waals surface area contributed by atoms with Crippen LogP contribution in [-0.2, 0) is 19.7 Å². The van der Waals surface area contributed by atoms with Gasteiger partial charge in [0.25, 0.3) is 5.91 Å². The van der Waals surface area contributed by atoms with Crippen molar-refractivity contribution in [1.82, 2.24) is 19.7 Å². The minimum absolute atomic E-state index is 0.0198. The van der Waals surface area contributed by atoms with Crippen LogP contribution in [0, 0.1) is 0 Å². The number of methoxy groups -OCH3 is 1. The Balaban J connectivity index is 1.43. The number of hydrogen-bond donors (Lipinski definition) is 0. The van der Waals surface area contributed by atoms with Crippen LogP contribution < -0.4 is 9.47 Å². The highest BCUT2D eigenvalue weighted by Crippen LogP contribution is 2.19.